The topological polar surface area (TPSA) is 92.8 Å². The highest BCUT2D eigenvalue weighted by molar-refractivity contribution is 9.10. The minimum atomic E-state index is -5.16. The van der Waals surface area contributed by atoms with Gasteiger partial charge in [0.1, 0.15) is 6.04 Å². The van der Waals surface area contributed by atoms with Crippen LogP contribution in [-0.4, -0.2) is 32.8 Å². The predicted octanol–water partition coefficient (Wildman–Crippen LogP) is 1.60. The Balaban J connectivity index is 1.98. The highest BCUT2D eigenvalue weighted by atomic mass is 79.9. The maximum absolute atomic E-state index is 12.9. The molecule has 24 heavy (non-hydrogen) atoms. The van der Waals surface area contributed by atoms with E-state index in [-0.39, 0.29) is 24.0 Å². The van der Waals surface area contributed by atoms with Gasteiger partial charge in [0.25, 0.3) is 0 Å². The number of halogens is 2. The maximum atomic E-state index is 12.9. The number of nitrogens with zero attached hydrogens (tertiary/aromatic N) is 1. The summed E-state index contributed by atoms with van der Waals surface area (Å²) in [6.07, 6.45) is 2.15. The molecule has 1 N–H and O–H groups in total. The molecule has 2 aliphatic rings. The molecule has 2 amide bonds. The van der Waals surface area contributed by atoms with E-state index in [1.165, 1.54) is 6.07 Å². The molecule has 0 radical (unpaired) electrons. The first kappa shape index (κ1) is 17.2. The van der Waals surface area contributed by atoms with E-state index in [0.29, 0.717) is 23.1 Å². The zero-order valence-corrected chi connectivity index (χ0v) is 14.8. The van der Waals surface area contributed by atoms with Gasteiger partial charge in [0.15, 0.2) is 5.75 Å². The Labute approximate surface area is 146 Å². The fourth-order valence-electron chi connectivity index (χ4n) is 3.09. The zero-order chi connectivity index (χ0) is 17.5. The number of anilines is 1. The second kappa shape index (κ2) is 6.32. The minimum absolute atomic E-state index is 0.185. The molecule has 0 aliphatic carbocycles. The largest absolute Gasteiger partial charge is 0.488 e. The van der Waals surface area contributed by atoms with Crippen molar-refractivity contribution in [1.82, 2.24) is 5.32 Å². The number of benzene rings is 1. The van der Waals surface area contributed by atoms with Gasteiger partial charge in [-0.2, -0.15) is 8.42 Å². The normalized spacial score (nSPS) is 21.2. The van der Waals surface area contributed by atoms with Crippen molar-refractivity contribution in [2.45, 2.75) is 31.7 Å². The number of rotatable bonds is 3. The molecule has 0 aromatic heterocycles. The zero-order valence-electron chi connectivity index (χ0n) is 12.4. The van der Waals surface area contributed by atoms with Gasteiger partial charge in [0.2, 0.25) is 11.8 Å². The van der Waals surface area contributed by atoms with E-state index in [2.05, 4.69) is 25.4 Å². The van der Waals surface area contributed by atoms with E-state index < -0.39 is 16.5 Å². The van der Waals surface area contributed by atoms with Crippen molar-refractivity contribution in [3.63, 3.8) is 0 Å². The summed E-state index contributed by atoms with van der Waals surface area (Å²) in [5.74, 6) is -0.880. The molecule has 0 spiro atoms. The van der Waals surface area contributed by atoms with Crippen LogP contribution in [0.1, 0.15) is 24.8 Å². The van der Waals surface area contributed by atoms with Gasteiger partial charge in [-0.1, -0.05) is 3.89 Å². The molecule has 1 fully saturated rings. The van der Waals surface area contributed by atoms with Crippen LogP contribution in [0.4, 0.5) is 9.57 Å². The standard InChI is InChI=1S/C14H14BrFN2O5S/c15-9-6-8-2-1-5-18(10-3-4-13(19)17-14(10)20)11(8)7-12(9)23-24(16,21)22/h6-7,10H,1-5H2,(H,17,19,20). The van der Waals surface area contributed by atoms with E-state index in [0.717, 1.165) is 18.4 Å². The van der Waals surface area contributed by atoms with Gasteiger partial charge >= 0.3 is 10.5 Å². The van der Waals surface area contributed by atoms with Crippen LogP contribution in [0.5, 0.6) is 5.75 Å². The number of hydrogen-bond acceptors (Lipinski definition) is 6. The average molecular weight is 421 g/mol. The van der Waals surface area contributed by atoms with Gasteiger partial charge < -0.3 is 9.08 Å². The van der Waals surface area contributed by atoms with Crippen molar-refractivity contribution in [3.05, 3.63) is 22.2 Å². The van der Waals surface area contributed by atoms with E-state index in [9.17, 15) is 21.9 Å². The van der Waals surface area contributed by atoms with E-state index in [4.69, 9.17) is 0 Å². The summed E-state index contributed by atoms with van der Waals surface area (Å²) in [5, 5.41) is 2.31. The molecule has 1 atom stereocenters. The molecule has 2 heterocycles. The number of carbonyl (C=O) groups is 2. The molecular weight excluding hydrogens is 407 g/mol. The molecule has 7 nitrogen and oxygen atoms in total. The molecule has 130 valence electrons. The number of aryl methyl sites for hydroxylation is 1. The van der Waals surface area contributed by atoms with Crippen molar-refractivity contribution in [3.8, 4) is 5.75 Å². The van der Waals surface area contributed by atoms with Gasteiger partial charge in [-0.25, -0.2) is 0 Å². The fraction of sp³-hybridized carbons (Fsp3) is 0.429. The predicted molar refractivity (Wildman–Crippen MR) is 86.6 cm³/mol. The number of carbonyl (C=O) groups excluding carboxylic acids is 2. The summed E-state index contributed by atoms with van der Waals surface area (Å²) < 4.78 is 39.1. The number of nitrogens with one attached hydrogen (secondary N) is 1. The number of imide groups is 1. The molecule has 1 aromatic rings. The summed E-state index contributed by atoms with van der Waals surface area (Å²) in [5.41, 5.74) is 1.50. The second-order valence-electron chi connectivity index (χ2n) is 5.65. The summed E-state index contributed by atoms with van der Waals surface area (Å²) in [4.78, 5) is 25.3. The molecule has 1 unspecified atom stereocenters. The summed E-state index contributed by atoms with van der Waals surface area (Å²) in [7, 11) is -5.16. The lowest BCUT2D eigenvalue weighted by Crippen LogP contribution is -2.53. The molecule has 3 rings (SSSR count). The van der Waals surface area contributed by atoms with Gasteiger partial charge in [-0.3, -0.25) is 14.9 Å². The number of hydrogen-bond donors (Lipinski definition) is 1. The molecule has 1 aromatic carbocycles. The highest BCUT2D eigenvalue weighted by Crippen LogP contribution is 2.38. The Morgan fingerprint density at radius 2 is 2.04 bits per heavy atom. The van der Waals surface area contributed by atoms with Crippen molar-refractivity contribution < 1.29 is 26.1 Å². The van der Waals surface area contributed by atoms with Gasteiger partial charge in [0.05, 0.1) is 4.47 Å². The number of fused-ring (bicyclic) bond motifs is 1. The van der Waals surface area contributed by atoms with Crippen LogP contribution in [0.15, 0.2) is 16.6 Å². The first-order valence-corrected chi connectivity index (χ1v) is 9.41. The van der Waals surface area contributed by atoms with Crippen LogP contribution in [0.3, 0.4) is 0 Å². The lowest BCUT2D eigenvalue weighted by Gasteiger charge is -2.38. The Bertz CT molecular complexity index is 814. The number of amides is 2. The first-order chi connectivity index (χ1) is 11.2. The monoisotopic (exact) mass is 420 g/mol. The van der Waals surface area contributed by atoms with Gasteiger partial charge in [0, 0.05) is 24.7 Å². The van der Waals surface area contributed by atoms with Gasteiger partial charge in [-0.15, -0.1) is 0 Å². The minimum Gasteiger partial charge on any atom is -0.359 e. The van der Waals surface area contributed by atoms with E-state index in [1.54, 1.807) is 6.07 Å². The fourth-order valence-corrected chi connectivity index (χ4v) is 4.02. The van der Waals surface area contributed by atoms with E-state index in [1.807, 2.05) is 4.90 Å². The maximum Gasteiger partial charge on any atom is 0.488 e. The summed E-state index contributed by atoms with van der Waals surface area (Å²) in [6.45, 7) is 0.572. The average Bonchev–Trinajstić information content (AvgIpc) is 2.46. The molecule has 0 bridgehead atoms. The lowest BCUT2D eigenvalue weighted by molar-refractivity contribution is -0.134. The third-order valence-corrected chi connectivity index (χ3v) is 5.06. The second-order valence-corrected chi connectivity index (χ2v) is 7.46. The summed E-state index contributed by atoms with van der Waals surface area (Å²) in [6, 6.07) is 2.53. The highest BCUT2D eigenvalue weighted by Gasteiger charge is 2.34. The van der Waals surface area contributed by atoms with Crippen molar-refractivity contribution in [2.75, 3.05) is 11.4 Å². The van der Waals surface area contributed by atoms with Crippen molar-refractivity contribution in [2.24, 2.45) is 0 Å². The summed E-state index contributed by atoms with van der Waals surface area (Å²) >= 11 is 3.17. The quantitative estimate of drug-likeness (QED) is 0.589. The molecular formula is C14H14BrFN2O5S. The Morgan fingerprint density at radius 3 is 2.71 bits per heavy atom. The third-order valence-electron chi connectivity index (χ3n) is 4.06. The van der Waals surface area contributed by atoms with Crippen LogP contribution in [0.25, 0.3) is 0 Å². The molecule has 2 aliphatic heterocycles. The van der Waals surface area contributed by atoms with Crippen LogP contribution < -0.4 is 14.4 Å². The smallest absolute Gasteiger partial charge is 0.359 e. The van der Waals surface area contributed by atoms with Crippen LogP contribution in [0.2, 0.25) is 0 Å². The SMILES string of the molecule is O=C1CCC(N2CCCc3cc(Br)c(OS(=O)(=O)F)cc32)C(=O)N1. The molecule has 10 heteroatoms. The Hall–Kier alpha value is -1.68. The van der Waals surface area contributed by atoms with Crippen molar-refractivity contribution in [1.29, 1.82) is 0 Å². The Kier molecular flexibility index (Phi) is 4.52. The van der Waals surface area contributed by atoms with Crippen LogP contribution in [0, 0.1) is 0 Å². The van der Waals surface area contributed by atoms with Crippen LogP contribution >= 0.6 is 15.9 Å². The Morgan fingerprint density at radius 1 is 1.29 bits per heavy atom. The molecule has 0 saturated carbocycles. The third kappa shape index (κ3) is 3.54. The lowest BCUT2D eigenvalue weighted by atomic mass is 9.96. The number of piperidine rings is 1. The van der Waals surface area contributed by atoms with Crippen molar-refractivity contribution >= 4 is 43.9 Å². The van der Waals surface area contributed by atoms with Gasteiger partial charge in [-0.05, 0) is 46.8 Å². The first-order valence-electron chi connectivity index (χ1n) is 7.31. The van der Waals surface area contributed by atoms with E-state index >= 15 is 0 Å². The molecule has 1 saturated heterocycles. The van der Waals surface area contributed by atoms with Crippen LogP contribution in [-0.2, 0) is 26.5 Å².